The van der Waals surface area contributed by atoms with E-state index in [9.17, 15) is 14.3 Å². The summed E-state index contributed by atoms with van der Waals surface area (Å²) in [7, 11) is 1.42. The Bertz CT molecular complexity index is 942. The van der Waals surface area contributed by atoms with Crippen molar-refractivity contribution in [2.75, 3.05) is 12.0 Å². The molecular weight excluding hydrogens is 341 g/mol. The van der Waals surface area contributed by atoms with E-state index < -0.39 is 11.9 Å². The summed E-state index contributed by atoms with van der Waals surface area (Å²) in [6.45, 7) is 1.70. The summed E-state index contributed by atoms with van der Waals surface area (Å²) in [4.78, 5) is 17.0. The van der Waals surface area contributed by atoms with Crippen molar-refractivity contribution < 1.29 is 23.6 Å². The van der Waals surface area contributed by atoms with Crippen LogP contribution in [0.5, 0.6) is 5.75 Å². The monoisotopic (exact) mass is 357 g/mol. The number of carboxylic acid groups (broad SMARTS) is 1. The second kappa shape index (κ2) is 7.22. The van der Waals surface area contributed by atoms with Gasteiger partial charge >= 0.3 is 6.09 Å². The second-order valence-corrected chi connectivity index (χ2v) is 5.54. The van der Waals surface area contributed by atoms with Gasteiger partial charge in [0.05, 0.1) is 25.5 Å². The van der Waals surface area contributed by atoms with Gasteiger partial charge in [-0.25, -0.2) is 9.18 Å². The maximum absolute atomic E-state index is 13.5. The van der Waals surface area contributed by atoms with Gasteiger partial charge in [-0.3, -0.25) is 9.88 Å². The maximum atomic E-state index is 13.5. The highest BCUT2D eigenvalue weighted by Gasteiger charge is 2.22. The Kier molecular flexibility index (Phi) is 4.83. The molecule has 0 atom stereocenters. The fourth-order valence-corrected chi connectivity index (χ4v) is 2.63. The van der Waals surface area contributed by atoms with Gasteiger partial charge in [-0.15, -0.1) is 0 Å². The zero-order valence-corrected chi connectivity index (χ0v) is 14.1. The maximum Gasteiger partial charge on any atom is 0.412 e. The molecule has 0 saturated heterocycles. The number of anilines is 1. The lowest BCUT2D eigenvalue weighted by Crippen LogP contribution is -2.29. The number of halogens is 1. The van der Waals surface area contributed by atoms with Crippen LogP contribution in [-0.2, 0) is 6.54 Å². The third-order valence-electron chi connectivity index (χ3n) is 3.77. The highest BCUT2D eigenvalue weighted by molar-refractivity contribution is 5.93. The van der Waals surface area contributed by atoms with Gasteiger partial charge in [0, 0.05) is 29.5 Å². The number of benzene rings is 1. The molecule has 0 fully saturated rings. The highest BCUT2D eigenvalue weighted by Crippen LogP contribution is 2.37. The minimum absolute atomic E-state index is 0.0190. The minimum Gasteiger partial charge on any atom is -0.496 e. The quantitative estimate of drug-likeness (QED) is 0.745. The lowest BCUT2D eigenvalue weighted by Gasteiger charge is -2.21. The first kappa shape index (κ1) is 17.4. The molecule has 2 heterocycles. The van der Waals surface area contributed by atoms with Crippen molar-refractivity contribution >= 4 is 11.8 Å². The Morgan fingerprint density at radius 1 is 1.31 bits per heavy atom. The molecule has 7 nitrogen and oxygen atoms in total. The normalized spacial score (nSPS) is 10.6. The number of hydrogen-bond acceptors (Lipinski definition) is 5. The van der Waals surface area contributed by atoms with Crippen LogP contribution in [0.15, 0.2) is 47.2 Å². The number of hydrogen-bond donors (Lipinski definition) is 1. The average molecular weight is 357 g/mol. The van der Waals surface area contributed by atoms with Crippen molar-refractivity contribution in [2.24, 2.45) is 0 Å². The molecule has 0 saturated carbocycles. The molecule has 0 bridgehead atoms. The Labute approximate surface area is 148 Å². The number of nitrogens with zero attached hydrogens (tertiary/aromatic N) is 3. The van der Waals surface area contributed by atoms with Crippen molar-refractivity contribution in [3.8, 4) is 16.9 Å². The summed E-state index contributed by atoms with van der Waals surface area (Å²) < 4.78 is 23.8. The van der Waals surface area contributed by atoms with Crippen LogP contribution in [0.3, 0.4) is 0 Å². The summed E-state index contributed by atoms with van der Waals surface area (Å²) in [5, 5.41) is 13.5. The third-order valence-corrected chi connectivity index (χ3v) is 3.77. The number of rotatable bonds is 5. The van der Waals surface area contributed by atoms with E-state index in [-0.39, 0.29) is 6.54 Å². The molecule has 8 heteroatoms. The van der Waals surface area contributed by atoms with Gasteiger partial charge in [0.2, 0.25) is 0 Å². The van der Waals surface area contributed by atoms with Crippen LogP contribution in [0, 0.1) is 12.7 Å². The molecule has 0 aliphatic rings. The summed E-state index contributed by atoms with van der Waals surface area (Å²) in [6, 6.07) is 7.37. The van der Waals surface area contributed by atoms with Crippen LogP contribution in [0.1, 0.15) is 11.5 Å². The summed E-state index contributed by atoms with van der Waals surface area (Å²) in [6.07, 6.45) is 1.78. The topological polar surface area (TPSA) is 88.7 Å². The molecule has 0 aliphatic heterocycles. The first-order chi connectivity index (χ1) is 12.5. The van der Waals surface area contributed by atoms with E-state index in [2.05, 4.69) is 10.1 Å². The van der Waals surface area contributed by atoms with Crippen molar-refractivity contribution in [3.63, 3.8) is 0 Å². The molecule has 0 spiro atoms. The van der Waals surface area contributed by atoms with Crippen LogP contribution >= 0.6 is 0 Å². The molecule has 0 unspecified atom stereocenters. The summed E-state index contributed by atoms with van der Waals surface area (Å²) in [5.41, 5.74) is 1.88. The fraction of sp³-hybridized carbons (Fsp3) is 0.167. The largest absolute Gasteiger partial charge is 0.496 e. The number of carbonyl (C=O) groups is 1. The van der Waals surface area contributed by atoms with Gasteiger partial charge in [-0.1, -0.05) is 5.16 Å². The third kappa shape index (κ3) is 3.49. The van der Waals surface area contributed by atoms with Crippen LogP contribution in [0.2, 0.25) is 0 Å². The number of ether oxygens (including phenoxy) is 1. The highest BCUT2D eigenvalue weighted by atomic mass is 19.1. The van der Waals surface area contributed by atoms with Gasteiger partial charge in [-0.05, 0) is 25.1 Å². The Hall–Kier alpha value is -3.42. The van der Waals surface area contributed by atoms with Gasteiger partial charge in [0.1, 0.15) is 23.0 Å². The Morgan fingerprint density at radius 3 is 2.77 bits per heavy atom. The smallest absolute Gasteiger partial charge is 0.412 e. The van der Waals surface area contributed by atoms with Crippen LogP contribution < -0.4 is 9.64 Å². The lowest BCUT2D eigenvalue weighted by atomic mass is 10.0. The molecule has 1 N–H and O–H groups in total. The fourth-order valence-electron chi connectivity index (χ4n) is 2.63. The number of aryl methyl sites for hydroxylation is 1. The van der Waals surface area contributed by atoms with E-state index in [1.807, 2.05) is 0 Å². The number of pyridine rings is 1. The van der Waals surface area contributed by atoms with E-state index in [1.54, 1.807) is 19.1 Å². The van der Waals surface area contributed by atoms with E-state index in [0.29, 0.717) is 34.0 Å². The lowest BCUT2D eigenvalue weighted by molar-refractivity contribution is 0.201. The molecular formula is C18H16FN3O4. The predicted molar refractivity (Wildman–Crippen MR) is 91.6 cm³/mol. The molecule has 0 radical (unpaired) electrons. The number of amides is 1. The molecule has 1 aromatic carbocycles. The summed E-state index contributed by atoms with van der Waals surface area (Å²) in [5.74, 6) is 0.423. The van der Waals surface area contributed by atoms with E-state index in [4.69, 9.17) is 9.26 Å². The van der Waals surface area contributed by atoms with Gasteiger partial charge in [0.15, 0.2) is 0 Å². The van der Waals surface area contributed by atoms with Crippen molar-refractivity contribution in [2.45, 2.75) is 13.5 Å². The van der Waals surface area contributed by atoms with Gasteiger partial charge in [-0.2, -0.15) is 0 Å². The van der Waals surface area contributed by atoms with E-state index in [1.165, 1.54) is 37.7 Å². The zero-order chi connectivity index (χ0) is 18.7. The van der Waals surface area contributed by atoms with Crippen molar-refractivity contribution in [1.29, 1.82) is 0 Å². The molecule has 26 heavy (non-hydrogen) atoms. The van der Waals surface area contributed by atoms with E-state index in [0.717, 1.165) is 4.90 Å². The van der Waals surface area contributed by atoms with Gasteiger partial charge in [0.25, 0.3) is 0 Å². The molecule has 2 aromatic heterocycles. The van der Waals surface area contributed by atoms with Crippen LogP contribution in [0.25, 0.3) is 11.1 Å². The number of aromatic nitrogens is 2. The molecule has 1 amide bonds. The van der Waals surface area contributed by atoms with Crippen LogP contribution in [0.4, 0.5) is 14.9 Å². The molecule has 3 rings (SSSR count). The SMILES string of the molecule is COc1cc(F)ccc1-c1ccncc1N(Cc1cc(C)on1)C(=O)O. The standard InChI is InChI=1S/C18H16FN3O4/c1-11-7-13(21-26-11)10-22(18(23)24)16-9-20-6-5-14(16)15-4-3-12(19)8-17(15)25-2/h3-9H,10H2,1-2H3,(H,23,24). The summed E-state index contributed by atoms with van der Waals surface area (Å²) >= 11 is 0. The average Bonchev–Trinajstić information content (AvgIpc) is 3.04. The van der Waals surface area contributed by atoms with Crippen molar-refractivity contribution in [1.82, 2.24) is 10.1 Å². The molecule has 3 aromatic rings. The first-order valence-corrected chi connectivity index (χ1v) is 7.70. The molecule has 134 valence electrons. The zero-order valence-electron chi connectivity index (χ0n) is 14.1. The Morgan fingerprint density at radius 2 is 2.12 bits per heavy atom. The predicted octanol–water partition coefficient (Wildman–Crippen LogP) is 3.88. The minimum atomic E-state index is -1.18. The second-order valence-electron chi connectivity index (χ2n) is 5.54. The number of methoxy groups -OCH3 is 1. The van der Waals surface area contributed by atoms with E-state index >= 15 is 0 Å². The van der Waals surface area contributed by atoms with Crippen LogP contribution in [-0.4, -0.2) is 28.5 Å². The first-order valence-electron chi connectivity index (χ1n) is 7.70. The Balaban J connectivity index is 2.08. The molecule has 0 aliphatic carbocycles. The van der Waals surface area contributed by atoms with Gasteiger partial charge < -0.3 is 14.4 Å². The van der Waals surface area contributed by atoms with Crippen molar-refractivity contribution in [3.05, 3.63) is 60.0 Å².